The van der Waals surface area contributed by atoms with Crippen LogP contribution >= 0.6 is 0 Å². The summed E-state index contributed by atoms with van der Waals surface area (Å²) >= 11 is 0. The first-order chi connectivity index (χ1) is 13.4. The SMILES string of the molecule is CC.CCCc1cccc(OC(C)F)c1.Cc1ccc(C(=O)O)cc1[B]C=O. The van der Waals surface area contributed by atoms with Crippen LogP contribution in [0.3, 0.4) is 0 Å². The minimum absolute atomic E-state index is 0.193. The first kappa shape index (κ1) is 25.4. The molecular formula is C22H29BFO4. The molecule has 0 heterocycles. The molecule has 0 aliphatic heterocycles. The second-order valence-corrected chi connectivity index (χ2v) is 5.74. The molecular weight excluding hydrogens is 358 g/mol. The van der Waals surface area contributed by atoms with E-state index in [2.05, 4.69) is 6.92 Å². The minimum Gasteiger partial charge on any atom is -0.478 e. The van der Waals surface area contributed by atoms with Crippen molar-refractivity contribution in [1.82, 2.24) is 0 Å². The summed E-state index contributed by atoms with van der Waals surface area (Å²) in [5.41, 5.74) is 2.92. The molecule has 151 valence electrons. The predicted octanol–water partition coefficient (Wildman–Crippen LogP) is 4.57. The largest absolute Gasteiger partial charge is 0.478 e. The second kappa shape index (κ2) is 14.4. The molecule has 1 unspecified atom stereocenters. The Morgan fingerprint density at radius 3 is 2.46 bits per heavy atom. The van der Waals surface area contributed by atoms with Crippen molar-refractivity contribution in [2.75, 3.05) is 0 Å². The van der Waals surface area contributed by atoms with E-state index in [4.69, 9.17) is 9.84 Å². The molecule has 0 fully saturated rings. The molecule has 0 spiro atoms. The van der Waals surface area contributed by atoms with Crippen LogP contribution in [0.4, 0.5) is 4.39 Å². The Bertz CT molecular complexity index is 732. The summed E-state index contributed by atoms with van der Waals surface area (Å²) in [7, 11) is 1.35. The molecule has 2 rings (SSSR count). The first-order valence-corrected chi connectivity index (χ1v) is 9.39. The molecule has 1 N–H and O–H groups in total. The van der Waals surface area contributed by atoms with Crippen LogP contribution in [-0.2, 0) is 11.2 Å². The lowest BCUT2D eigenvalue weighted by Crippen LogP contribution is -2.20. The lowest BCUT2D eigenvalue weighted by atomic mass is 9.70. The molecule has 0 saturated heterocycles. The summed E-state index contributed by atoms with van der Waals surface area (Å²) in [4.78, 5) is 20.8. The summed E-state index contributed by atoms with van der Waals surface area (Å²) in [6.45, 7) is 9.32. The van der Waals surface area contributed by atoms with Gasteiger partial charge in [-0.3, -0.25) is 0 Å². The van der Waals surface area contributed by atoms with Crippen LogP contribution in [0, 0.1) is 6.92 Å². The molecule has 6 heteroatoms. The number of benzene rings is 2. The third-order valence-electron chi connectivity index (χ3n) is 3.51. The summed E-state index contributed by atoms with van der Waals surface area (Å²) in [5, 5.41) is 8.67. The van der Waals surface area contributed by atoms with E-state index in [9.17, 15) is 14.0 Å². The van der Waals surface area contributed by atoms with E-state index < -0.39 is 12.3 Å². The average molecular weight is 387 g/mol. The van der Waals surface area contributed by atoms with Crippen LogP contribution in [0.2, 0.25) is 0 Å². The number of carbonyl (C=O) groups excluding carboxylic acids is 1. The predicted molar refractivity (Wildman–Crippen MR) is 113 cm³/mol. The average Bonchev–Trinajstić information content (AvgIpc) is 2.66. The van der Waals surface area contributed by atoms with Crippen LogP contribution in [0.25, 0.3) is 0 Å². The fourth-order valence-corrected chi connectivity index (χ4v) is 2.28. The fraction of sp³-hybridized carbons (Fsp3) is 0.364. The standard InChI is InChI=1S/C11H15FO.C9H8BO3.C2H6/c1-3-5-10-6-4-7-11(8-10)13-9(2)12;1-6-2-3-7(9(12)13)4-8(6)10-5-11;1-2/h4,6-9H,3,5H2,1-2H3;2-5H,1H3,(H,12,13);1-2H3. The Morgan fingerprint density at radius 1 is 1.25 bits per heavy atom. The van der Waals surface area contributed by atoms with Gasteiger partial charge in [-0.25, -0.2) is 9.18 Å². The van der Waals surface area contributed by atoms with Gasteiger partial charge in [0.2, 0.25) is 13.6 Å². The lowest BCUT2D eigenvalue weighted by molar-refractivity contribution is 0.0696. The Labute approximate surface area is 168 Å². The third kappa shape index (κ3) is 9.90. The van der Waals surface area contributed by atoms with Gasteiger partial charge in [-0.05, 0) is 37.1 Å². The summed E-state index contributed by atoms with van der Waals surface area (Å²) < 4.78 is 17.4. The molecule has 0 amide bonds. The van der Waals surface area contributed by atoms with Gasteiger partial charge in [-0.1, -0.05) is 62.5 Å². The molecule has 0 bridgehead atoms. The van der Waals surface area contributed by atoms with Crippen LogP contribution in [0.15, 0.2) is 42.5 Å². The number of ether oxygens (including phenoxy) is 1. The third-order valence-corrected chi connectivity index (χ3v) is 3.51. The van der Waals surface area contributed by atoms with Gasteiger partial charge in [0.25, 0.3) is 0 Å². The highest BCUT2D eigenvalue weighted by Crippen LogP contribution is 2.16. The second-order valence-electron chi connectivity index (χ2n) is 5.74. The highest BCUT2D eigenvalue weighted by Gasteiger charge is 2.06. The van der Waals surface area contributed by atoms with E-state index in [1.165, 1.54) is 31.9 Å². The molecule has 0 aromatic heterocycles. The molecule has 1 radical (unpaired) electrons. The molecule has 2 aromatic carbocycles. The number of alkyl halides is 1. The summed E-state index contributed by atoms with van der Waals surface area (Å²) in [6, 6.07) is 12.3. The zero-order valence-corrected chi connectivity index (χ0v) is 17.2. The van der Waals surface area contributed by atoms with Crippen LogP contribution in [-0.4, -0.2) is 30.9 Å². The summed E-state index contributed by atoms with van der Waals surface area (Å²) in [6.07, 6.45) is 1.51. The van der Waals surface area contributed by atoms with E-state index in [0.29, 0.717) is 17.4 Å². The van der Waals surface area contributed by atoms with Crippen molar-refractivity contribution in [2.45, 2.75) is 53.8 Å². The fourth-order valence-electron chi connectivity index (χ4n) is 2.28. The van der Waals surface area contributed by atoms with Crippen LogP contribution in [0.5, 0.6) is 5.75 Å². The van der Waals surface area contributed by atoms with Gasteiger partial charge in [0.15, 0.2) is 0 Å². The molecule has 4 nitrogen and oxygen atoms in total. The van der Waals surface area contributed by atoms with Crippen molar-refractivity contribution in [2.24, 2.45) is 0 Å². The van der Waals surface area contributed by atoms with Crippen molar-refractivity contribution in [3.63, 3.8) is 0 Å². The van der Waals surface area contributed by atoms with Crippen molar-refractivity contribution in [1.29, 1.82) is 0 Å². The molecule has 0 aliphatic rings. The highest BCUT2D eigenvalue weighted by atomic mass is 19.1. The smallest absolute Gasteiger partial charge is 0.335 e. The van der Waals surface area contributed by atoms with E-state index in [-0.39, 0.29) is 5.56 Å². The van der Waals surface area contributed by atoms with Gasteiger partial charge in [0.05, 0.1) is 11.7 Å². The molecule has 0 aliphatic carbocycles. The number of carboxylic acids is 1. The number of carbonyl (C=O) groups is 2. The number of hydrogen-bond donors (Lipinski definition) is 1. The monoisotopic (exact) mass is 387 g/mol. The van der Waals surface area contributed by atoms with Crippen molar-refractivity contribution in [3.8, 4) is 5.75 Å². The Kier molecular flexibility index (Phi) is 13.1. The first-order valence-electron chi connectivity index (χ1n) is 9.39. The normalized spacial score (nSPS) is 10.4. The molecule has 1 atom stereocenters. The zero-order chi connectivity index (χ0) is 21.5. The van der Waals surface area contributed by atoms with Crippen LogP contribution < -0.4 is 10.2 Å². The van der Waals surface area contributed by atoms with Gasteiger partial charge in [-0.2, -0.15) is 0 Å². The number of aryl methyl sites for hydroxylation is 2. The van der Waals surface area contributed by atoms with Gasteiger partial charge in [0.1, 0.15) is 5.75 Å². The summed E-state index contributed by atoms with van der Waals surface area (Å²) in [5.74, 6) is -0.374. The van der Waals surface area contributed by atoms with Crippen molar-refractivity contribution >= 4 is 24.9 Å². The van der Waals surface area contributed by atoms with Crippen molar-refractivity contribution in [3.05, 3.63) is 59.2 Å². The Morgan fingerprint density at radius 2 is 1.93 bits per heavy atom. The van der Waals surface area contributed by atoms with E-state index in [0.717, 1.165) is 18.4 Å². The maximum Gasteiger partial charge on any atom is 0.335 e. The number of hydrogen-bond acceptors (Lipinski definition) is 3. The van der Waals surface area contributed by atoms with Gasteiger partial charge in [-0.15, -0.1) is 0 Å². The topological polar surface area (TPSA) is 63.6 Å². The van der Waals surface area contributed by atoms with Gasteiger partial charge < -0.3 is 14.6 Å². The maximum atomic E-state index is 12.5. The van der Waals surface area contributed by atoms with Gasteiger partial charge in [0, 0.05) is 6.92 Å². The Balaban J connectivity index is 0.000000478. The molecule has 28 heavy (non-hydrogen) atoms. The molecule has 2 aromatic rings. The van der Waals surface area contributed by atoms with E-state index in [1.807, 2.05) is 39.0 Å². The number of rotatable bonds is 7. The van der Waals surface area contributed by atoms with E-state index in [1.54, 1.807) is 12.1 Å². The lowest BCUT2D eigenvalue weighted by Gasteiger charge is -2.07. The number of carboxylic acid groups (broad SMARTS) is 1. The van der Waals surface area contributed by atoms with Crippen LogP contribution in [0.1, 0.15) is 55.6 Å². The number of halogens is 1. The maximum absolute atomic E-state index is 12.5. The minimum atomic E-state index is -1.24. The Hall–Kier alpha value is -2.63. The van der Waals surface area contributed by atoms with E-state index >= 15 is 0 Å². The number of aromatic carboxylic acids is 1. The van der Waals surface area contributed by atoms with Crippen molar-refractivity contribution < 1.29 is 23.8 Å². The quantitative estimate of drug-likeness (QED) is 0.558. The highest BCUT2D eigenvalue weighted by molar-refractivity contribution is 6.78. The molecule has 0 saturated carbocycles. The van der Waals surface area contributed by atoms with Gasteiger partial charge >= 0.3 is 5.97 Å². The zero-order valence-electron chi connectivity index (χ0n) is 17.2.